The first-order valence-electron chi connectivity index (χ1n) is 7.96. The molecular weight excluding hydrogens is 248 g/mol. The predicted molar refractivity (Wildman–Crippen MR) is 85.4 cm³/mol. The van der Waals surface area contributed by atoms with Gasteiger partial charge >= 0.3 is 0 Å². The Bertz CT molecular complexity index is 404. The lowest BCUT2D eigenvalue weighted by atomic mass is 10.1. The summed E-state index contributed by atoms with van der Waals surface area (Å²) in [6, 6.07) is 8.74. The highest BCUT2D eigenvalue weighted by Crippen LogP contribution is 2.24. The van der Waals surface area contributed by atoms with Crippen LogP contribution in [0.3, 0.4) is 0 Å². The van der Waals surface area contributed by atoms with E-state index in [1.807, 2.05) is 0 Å². The van der Waals surface area contributed by atoms with Crippen molar-refractivity contribution in [3.8, 4) is 5.75 Å². The van der Waals surface area contributed by atoms with Gasteiger partial charge in [-0.25, -0.2) is 0 Å². The zero-order valence-electron chi connectivity index (χ0n) is 12.8. The molecule has 1 heterocycles. The second-order valence-electron chi connectivity index (χ2n) is 5.84. The van der Waals surface area contributed by atoms with Gasteiger partial charge in [-0.2, -0.15) is 0 Å². The molecule has 1 aromatic carbocycles. The summed E-state index contributed by atoms with van der Waals surface area (Å²) in [5, 5.41) is 0. The van der Waals surface area contributed by atoms with Crippen molar-refractivity contribution >= 4 is 5.69 Å². The van der Waals surface area contributed by atoms with Gasteiger partial charge in [0, 0.05) is 30.9 Å². The Hall–Kier alpha value is -1.22. The van der Waals surface area contributed by atoms with E-state index >= 15 is 0 Å². The monoisotopic (exact) mass is 276 g/mol. The van der Waals surface area contributed by atoms with Crippen LogP contribution in [0.1, 0.15) is 39.5 Å². The molecule has 1 saturated heterocycles. The Morgan fingerprint density at radius 1 is 1.35 bits per heavy atom. The zero-order chi connectivity index (χ0) is 14.4. The van der Waals surface area contributed by atoms with E-state index in [4.69, 9.17) is 10.5 Å². The van der Waals surface area contributed by atoms with Gasteiger partial charge in [-0.1, -0.05) is 32.8 Å². The maximum absolute atomic E-state index is 6.06. The lowest BCUT2D eigenvalue weighted by molar-refractivity contribution is 0.240. The summed E-state index contributed by atoms with van der Waals surface area (Å²) >= 11 is 0. The van der Waals surface area contributed by atoms with Crippen molar-refractivity contribution in [3.05, 3.63) is 24.3 Å². The summed E-state index contributed by atoms with van der Waals surface area (Å²) in [4.78, 5) is 2.37. The van der Waals surface area contributed by atoms with E-state index in [-0.39, 0.29) is 0 Å². The van der Waals surface area contributed by atoms with E-state index in [2.05, 4.69) is 43.0 Å². The summed E-state index contributed by atoms with van der Waals surface area (Å²) in [5.74, 6) is 1.63. The quantitative estimate of drug-likeness (QED) is 0.865. The standard InChI is InChI=1S/C17H28N2O/c1-3-14(4-2)13-20-17-9-5-8-16(11-17)19-10-6-7-15(18)12-19/h5,8-9,11,14-15H,3-4,6-7,10,12-13,18H2,1-2H3. The maximum Gasteiger partial charge on any atom is 0.121 e. The fourth-order valence-electron chi connectivity index (χ4n) is 2.75. The van der Waals surface area contributed by atoms with Crippen LogP contribution in [0.4, 0.5) is 5.69 Å². The number of nitrogens with two attached hydrogens (primary N) is 1. The molecule has 3 heteroatoms. The van der Waals surface area contributed by atoms with Crippen LogP contribution in [0.25, 0.3) is 0 Å². The molecule has 2 N–H and O–H groups in total. The van der Waals surface area contributed by atoms with E-state index in [9.17, 15) is 0 Å². The third kappa shape index (κ3) is 4.14. The smallest absolute Gasteiger partial charge is 0.121 e. The van der Waals surface area contributed by atoms with Crippen molar-refractivity contribution in [2.24, 2.45) is 11.7 Å². The van der Waals surface area contributed by atoms with Crippen LogP contribution in [-0.2, 0) is 0 Å². The molecule has 0 aromatic heterocycles. The number of anilines is 1. The number of hydrogen-bond donors (Lipinski definition) is 1. The van der Waals surface area contributed by atoms with Gasteiger partial charge in [-0.05, 0) is 30.9 Å². The van der Waals surface area contributed by atoms with Gasteiger partial charge in [0.1, 0.15) is 5.75 Å². The minimum Gasteiger partial charge on any atom is -0.493 e. The second-order valence-corrected chi connectivity index (χ2v) is 5.84. The van der Waals surface area contributed by atoms with E-state index in [0.29, 0.717) is 12.0 Å². The number of rotatable bonds is 6. The Balaban J connectivity index is 1.96. The van der Waals surface area contributed by atoms with Crippen LogP contribution in [0.5, 0.6) is 5.75 Å². The average molecular weight is 276 g/mol. The number of nitrogens with zero attached hydrogens (tertiary/aromatic N) is 1. The molecule has 0 amide bonds. The molecule has 0 aliphatic carbocycles. The van der Waals surface area contributed by atoms with Crippen LogP contribution in [0, 0.1) is 5.92 Å². The molecule has 0 saturated carbocycles. The molecular formula is C17H28N2O. The molecule has 0 radical (unpaired) electrons. The third-order valence-electron chi connectivity index (χ3n) is 4.28. The number of piperidine rings is 1. The number of hydrogen-bond acceptors (Lipinski definition) is 3. The second kappa shape index (κ2) is 7.53. The molecule has 112 valence electrons. The van der Waals surface area contributed by atoms with Gasteiger partial charge in [0.2, 0.25) is 0 Å². The highest BCUT2D eigenvalue weighted by Gasteiger charge is 2.17. The lowest BCUT2D eigenvalue weighted by Gasteiger charge is -2.32. The van der Waals surface area contributed by atoms with Crippen molar-refractivity contribution in [1.82, 2.24) is 0 Å². The molecule has 1 atom stereocenters. The van der Waals surface area contributed by atoms with E-state index in [0.717, 1.165) is 31.9 Å². The Kier molecular flexibility index (Phi) is 5.72. The third-order valence-corrected chi connectivity index (χ3v) is 4.28. The van der Waals surface area contributed by atoms with Gasteiger partial charge in [0.25, 0.3) is 0 Å². The number of benzene rings is 1. The van der Waals surface area contributed by atoms with Crippen molar-refractivity contribution in [2.45, 2.75) is 45.6 Å². The van der Waals surface area contributed by atoms with E-state index in [1.54, 1.807) is 0 Å². The summed E-state index contributed by atoms with van der Waals surface area (Å²) in [5.41, 5.74) is 7.30. The first-order valence-corrected chi connectivity index (χ1v) is 7.96. The molecule has 0 spiro atoms. The minimum absolute atomic E-state index is 0.304. The molecule has 1 aromatic rings. The van der Waals surface area contributed by atoms with Crippen LogP contribution < -0.4 is 15.4 Å². The van der Waals surface area contributed by atoms with Gasteiger partial charge in [0.05, 0.1) is 6.61 Å². The molecule has 1 unspecified atom stereocenters. The highest BCUT2D eigenvalue weighted by molar-refractivity contribution is 5.51. The molecule has 1 fully saturated rings. The van der Waals surface area contributed by atoms with Crippen molar-refractivity contribution in [3.63, 3.8) is 0 Å². The Morgan fingerprint density at radius 2 is 2.15 bits per heavy atom. The maximum atomic E-state index is 6.06. The molecule has 20 heavy (non-hydrogen) atoms. The average Bonchev–Trinajstić information content (AvgIpc) is 2.49. The summed E-state index contributed by atoms with van der Waals surface area (Å²) in [6.07, 6.45) is 4.68. The normalized spacial score (nSPS) is 19.4. The lowest BCUT2D eigenvalue weighted by Crippen LogP contribution is -2.42. The van der Waals surface area contributed by atoms with Crippen LogP contribution in [-0.4, -0.2) is 25.7 Å². The fraction of sp³-hybridized carbons (Fsp3) is 0.647. The molecule has 1 aliphatic rings. The zero-order valence-corrected chi connectivity index (χ0v) is 12.8. The molecule has 0 bridgehead atoms. The predicted octanol–water partition coefficient (Wildman–Crippen LogP) is 3.43. The van der Waals surface area contributed by atoms with Crippen LogP contribution in [0.2, 0.25) is 0 Å². The van der Waals surface area contributed by atoms with Crippen molar-refractivity contribution < 1.29 is 4.74 Å². The topological polar surface area (TPSA) is 38.5 Å². The first-order chi connectivity index (χ1) is 9.72. The van der Waals surface area contributed by atoms with Gasteiger partial charge in [-0.15, -0.1) is 0 Å². The molecule has 1 aliphatic heterocycles. The highest BCUT2D eigenvalue weighted by atomic mass is 16.5. The van der Waals surface area contributed by atoms with Gasteiger partial charge < -0.3 is 15.4 Å². The summed E-state index contributed by atoms with van der Waals surface area (Å²) < 4.78 is 5.95. The molecule has 3 nitrogen and oxygen atoms in total. The van der Waals surface area contributed by atoms with Crippen molar-refractivity contribution in [1.29, 1.82) is 0 Å². The van der Waals surface area contributed by atoms with E-state index < -0.39 is 0 Å². The van der Waals surface area contributed by atoms with Gasteiger partial charge in [-0.3, -0.25) is 0 Å². The minimum atomic E-state index is 0.304. The SMILES string of the molecule is CCC(CC)COc1cccc(N2CCCC(N)C2)c1. The van der Waals surface area contributed by atoms with Crippen molar-refractivity contribution in [2.75, 3.05) is 24.6 Å². The van der Waals surface area contributed by atoms with Crippen LogP contribution >= 0.6 is 0 Å². The first kappa shape index (κ1) is 15.2. The largest absolute Gasteiger partial charge is 0.493 e. The van der Waals surface area contributed by atoms with Crippen LogP contribution in [0.15, 0.2) is 24.3 Å². The number of ether oxygens (including phenoxy) is 1. The van der Waals surface area contributed by atoms with E-state index in [1.165, 1.54) is 24.9 Å². The Labute approximate surface area is 123 Å². The summed E-state index contributed by atoms with van der Waals surface area (Å²) in [6.45, 7) is 7.32. The Morgan fingerprint density at radius 3 is 2.85 bits per heavy atom. The molecule has 2 rings (SSSR count). The van der Waals surface area contributed by atoms with Gasteiger partial charge in [0.15, 0.2) is 0 Å². The summed E-state index contributed by atoms with van der Waals surface area (Å²) in [7, 11) is 0. The fourth-order valence-corrected chi connectivity index (χ4v) is 2.75.